The number of nitrogens with zero attached hydrogens (tertiary/aromatic N) is 1. The first-order chi connectivity index (χ1) is 12.5. The Morgan fingerprint density at radius 1 is 1.19 bits per heavy atom. The molecular weight excluding hydrogens is 348 g/mol. The zero-order chi connectivity index (χ0) is 18.7. The fourth-order valence-electron chi connectivity index (χ4n) is 4.07. The average molecular weight is 375 g/mol. The molecule has 26 heavy (non-hydrogen) atoms. The lowest BCUT2D eigenvalue weighted by Gasteiger charge is -2.39. The van der Waals surface area contributed by atoms with Crippen LogP contribution < -0.4 is 5.32 Å². The van der Waals surface area contributed by atoms with E-state index in [2.05, 4.69) is 31.3 Å². The van der Waals surface area contributed by atoms with Gasteiger partial charge in [-0.15, -0.1) is 0 Å². The molecule has 1 aromatic rings. The van der Waals surface area contributed by atoms with Crippen LogP contribution in [0.25, 0.3) is 0 Å². The van der Waals surface area contributed by atoms with Gasteiger partial charge in [0.05, 0.1) is 11.3 Å². The Bertz CT molecular complexity index is 706. The van der Waals surface area contributed by atoms with Crippen molar-refractivity contribution in [2.75, 3.05) is 5.32 Å². The maximum Gasteiger partial charge on any atom is 0.256 e. The molecular formula is C21H27ClN2O2. The van der Waals surface area contributed by atoms with Gasteiger partial charge in [0.2, 0.25) is 5.91 Å². The van der Waals surface area contributed by atoms with Gasteiger partial charge >= 0.3 is 0 Å². The van der Waals surface area contributed by atoms with Crippen molar-refractivity contribution >= 4 is 29.1 Å². The van der Waals surface area contributed by atoms with E-state index in [-0.39, 0.29) is 23.9 Å². The third-order valence-corrected chi connectivity index (χ3v) is 5.71. The van der Waals surface area contributed by atoms with Gasteiger partial charge in [-0.1, -0.05) is 23.8 Å². The van der Waals surface area contributed by atoms with E-state index in [1.165, 1.54) is 0 Å². The minimum absolute atomic E-state index is 0.0525. The second kappa shape index (κ2) is 8.26. The largest absolute Gasteiger partial charge is 0.333 e. The van der Waals surface area contributed by atoms with Crippen LogP contribution in [0.4, 0.5) is 5.69 Å². The molecule has 0 radical (unpaired) electrons. The molecule has 0 saturated carbocycles. The predicted octanol–water partition coefficient (Wildman–Crippen LogP) is 5.04. The lowest BCUT2D eigenvalue weighted by molar-refractivity contribution is -0.116. The summed E-state index contributed by atoms with van der Waals surface area (Å²) >= 11 is 6.15. The van der Waals surface area contributed by atoms with Gasteiger partial charge in [0.25, 0.3) is 5.91 Å². The standard InChI is InChI=1S/C21H27ClN2O2/c1-14-6-5-7-15(2)24(14)21(26)18-13-17(22)10-11-19(18)23-20(25)12-16-8-3-4-9-16/h3,8,10-11,13-16H,4-7,9,12H2,1-2H3,(H,23,25)/t14-,15+,16-/m0/s1. The molecule has 1 aromatic carbocycles. The van der Waals surface area contributed by atoms with Crippen molar-refractivity contribution in [2.24, 2.45) is 5.92 Å². The summed E-state index contributed by atoms with van der Waals surface area (Å²) in [7, 11) is 0. The van der Waals surface area contributed by atoms with Crippen molar-refractivity contribution in [3.8, 4) is 0 Å². The highest BCUT2D eigenvalue weighted by Crippen LogP contribution is 2.29. The van der Waals surface area contributed by atoms with Crippen LogP contribution in [0.15, 0.2) is 30.4 Å². The van der Waals surface area contributed by atoms with Crippen LogP contribution in [0.3, 0.4) is 0 Å². The van der Waals surface area contributed by atoms with E-state index < -0.39 is 0 Å². The molecule has 1 N–H and O–H groups in total. The van der Waals surface area contributed by atoms with Gasteiger partial charge in [-0.2, -0.15) is 0 Å². The molecule has 1 saturated heterocycles. The number of halogens is 1. The Morgan fingerprint density at radius 3 is 2.58 bits per heavy atom. The molecule has 1 aliphatic heterocycles. The summed E-state index contributed by atoms with van der Waals surface area (Å²) in [4.78, 5) is 27.6. The Hall–Kier alpha value is -1.81. The summed E-state index contributed by atoms with van der Waals surface area (Å²) in [5.74, 6) is 0.185. The van der Waals surface area contributed by atoms with Gasteiger partial charge < -0.3 is 10.2 Å². The molecule has 0 bridgehead atoms. The fraction of sp³-hybridized carbons (Fsp3) is 0.524. The van der Waals surface area contributed by atoms with Crippen LogP contribution in [0.1, 0.15) is 62.7 Å². The first-order valence-corrected chi connectivity index (χ1v) is 9.92. The predicted molar refractivity (Wildman–Crippen MR) is 106 cm³/mol. The molecule has 2 amide bonds. The second-order valence-electron chi connectivity index (χ2n) is 7.55. The number of rotatable bonds is 4. The highest BCUT2D eigenvalue weighted by atomic mass is 35.5. The number of hydrogen-bond donors (Lipinski definition) is 1. The minimum atomic E-state index is -0.0577. The Morgan fingerprint density at radius 2 is 1.92 bits per heavy atom. The molecule has 0 unspecified atom stereocenters. The first-order valence-electron chi connectivity index (χ1n) is 9.54. The molecule has 1 aliphatic carbocycles. The SMILES string of the molecule is C[C@@H]1CCC[C@H](C)N1C(=O)c1cc(Cl)ccc1NC(=O)C[C@H]1C=CCC1. The van der Waals surface area contributed by atoms with Gasteiger partial charge in [-0.3, -0.25) is 9.59 Å². The first kappa shape index (κ1) is 19.0. The summed E-state index contributed by atoms with van der Waals surface area (Å²) in [6, 6.07) is 5.50. The molecule has 0 aromatic heterocycles. The van der Waals surface area contributed by atoms with Crippen molar-refractivity contribution in [1.29, 1.82) is 0 Å². The van der Waals surface area contributed by atoms with Gasteiger partial charge in [0.1, 0.15) is 0 Å². The Kier molecular flexibility index (Phi) is 6.02. The second-order valence-corrected chi connectivity index (χ2v) is 7.99. The van der Waals surface area contributed by atoms with Crippen LogP contribution in [-0.4, -0.2) is 28.8 Å². The summed E-state index contributed by atoms with van der Waals surface area (Å²) in [6.07, 6.45) is 9.87. The maximum absolute atomic E-state index is 13.2. The molecule has 1 fully saturated rings. The molecule has 5 heteroatoms. The van der Waals surface area contributed by atoms with E-state index in [0.717, 1.165) is 32.1 Å². The zero-order valence-corrected chi connectivity index (χ0v) is 16.3. The Labute approximate surface area is 160 Å². The van der Waals surface area contributed by atoms with Gasteiger partial charge in [-0.05, 0) is 70.1 Å². The summed E-state index contributed by atoms with van der Waals surface area (Å²) < 4.78 is 0. The van der Waals surface area contributed by atoms with Crippen LogP contribution in [0, 0.1) is 5.92 Å². The van der Waals surface area contributed by atoms with Crippen LogP contribution >= 0.6 is 11.6 Å². The number of amides is 2. The van der Waals surface area contributed by atoms with E-state index in [1.807, 2.05) is 4.90 Å². The molecule has 140 valence electrons. The third kappa shape index (κ3) is 4.29. The van der Waals surface area contributed by atoms with E-state index >= 15 is 0 Å². The quantitative estimate of drug-likeness (QED) is 0.750. The topological polar surface area (TPSA) is 49.4 Å². The number of likely N-dealkylation sites (tertiary alicyclic amines) is 1. The third-order valence-electron chi connectivity index (χ3n) is 5.47. The number of benzene rings is 1. The molecule has 3 rings (SSSR count). The number of allylic oxidation sites excluding steroid dienone is 2. The van der Waals surface area contributed by atoms with E-state index in [4.69, 9.17) is 11.6 Å². The number of carbonyl (C=O) groups excluding carboxylic acids is 2. The molecule has 1 heterocycles. The van der Waals surface area contributed by atoms with Gasteiger partial charge in [0.15, 0.2) is 0 Å². The lowest BCUT2D eigenvalue weighted by atomic mass is 9.96. The number of piperidine rings is 1. The van der Waals surface area contributed by atoms with E-state index in [0.29, 0.717) is 28.6 Å². The van der Waals surface area contributed by atoms with Gasteiger partial charge in [-0.25, -0.2) is 0 Å². The smallest absolute Gasteiger partial charge is 0.256 e. The molecule has 4 nitrogen and oxygen atoms in total. The zero-order valence-electron chi connectivity index (χ0n) is 15.5. The van der Waals surface area contributed by atoms with E-state index in [9.17, 15) is 9.59 Å². The van der Waals surface area contributed by atoms with Crippen LogP contribution in [0.2, 0.25) is 5.02 Å². The maximum atomic E-state index is 13.2. The summed E-state index contributed by atoms with van der Waals surface area (Å²) in [5, 5.41) is 3.44. The highest BCUT2D eigenvalue weighted by Gasteiger charge is 2.31. The molecule has 0 spiro atoms. The van der Waals surface area contributed by atoms with Gasteiger partial charge in [0, 0.05) is 23.5 Å². The number of anilines is 1. The summed E-state index contributed by atoms with van der Waals surface area (Å²) in [5.41, 5.74) is 1.03. The van der Waals surface area contributed by atoms with Crippen molar-refractivity contribution < 1.29 is 9.59 Å². The highest BCUT2D eigenvalue weighted by molar-refractivity contribution is 6.31. The summed E-state index contributed by atoms with van der Waals surface area (Å²) in [6.45, 7) is 4.17. The minimum Gasteiger partial charge on any atom is -0.333 e. The van der Waals surface area contributed by atoms with Crippen molar-refractivity contribution in [3.05, 3.63) is 40.9 Å². The van der Waals surface area contributed by atoms with Crippen molar-refractivity contribution in [3.63, 3.8) is 0 Å². The van der Waals surface area contributed by atoms with Crippen LogP contribution in [0.5, 0.6) is 0 Å². The van der Waals surface area contributed by atoms with Crippen molar-refractivity contribution in [2.45, 2.75) is 64.5 Å². The average Bonchev–Trinajstić information content (AvgIpc) is 3.09. The van der Waals surface area contributed by atoms with Crippen LogP contribution in [-0.2, 0) is 4.79 Å². The Balaban J connectivity index is 1.79. The lowest BCUT2D eigenvalue weighted by Crippen LogP contribution is -2.47. The fourth-order valence-corrected chi connectivity index (χ4v) is 4.24. The number of nitrogens with one attached hydrogen (secondary N) is 1. The molecule has 2 aliphatic rings. The monoisotopic (exact) mass is 374 g/mol. The van der Waals surface area contributed by atoms with E-state index in [1.54, 1.807) is 18.2 Å². The van der Waals surface area contributed by atoms with Crippen molar-refractivity contribution in [1.82, 2.24) is 4.90 Å². The number of carbonyl (C=O) groups is 2. The normalized spacial score (nSPS) is 25.3. The molecule has 3 atom stereocenters. The number of hydrogen-bond acceptors (Lipinski definition) is 2.